The predicted octanol–water partition coefficient (Wildman–Crippen LogP) is 3.07. The summed E-state index contributed by atoms with van der Waals surface area (Å²) in [7, 11) is 0. The minimum atomic E-state index is -0.817. The number of carbonyl (C=O) groups is 1. The van der Waals surface area contributed by atoms with Gasteiger partial charge in [-0.05, 0) is 31.4 Å². The minimum absolute atomic E-state index is 0.467. The summed E-state index contributed by atoms with van der Waals surface area (Å²) in [5.74, 6) is -0.817. The maximum absolute atomic E-state index is 11.3. The summed E-state index contributed by atoms with van der Waals surface area (Å²) in [6.07, 6.45) is 4.83. The lowest BCUT2D eigenvalue weighted by molar-refractivity contribution is 0.0697. The average molecular weight is 233 g/mol. The molecule has 1 aromatic carbocycles. The van der Waals surface area contributed by atoms with Crippen LogP contribution >= 0.6 is 0 Å². The summed E-state index contributed by atoms with van der Waals surface area (Å²) in [5, 5.41) is 9.32. The van der Waals surface area contributed by atoms with Crippen LogP contribution in [-0.4, -0.2) is 24.2 Å². The second-order valence-corrected chi connectivity index (χ2v) is 4.68. The maximum atomic E-state index is 11.3. The Bertz CT molecular complexity index is 407. The highest BCUT2D eigenvalue weighted by Crippen LogP contribution is 2.26. The lowest BCUT2D eigenvalue weighted by Crippen LogP contribution is -2.26. The first-order chi connectivity index (χ1) is 8.20. The van der Waals surface area contributed by atoms with E-state index in [1.165, 1.54) is 12.8 Å². The fraction of sp³-hybridized carbons (Fsp3) is 0.500. The van der Waals surface area contributed by atoms with Gasteiger partial charge >= 0.3 is 5.97 Å². The molecular formula is C14H19NO2. The molecule has 1 fully saturated rings. The fourth-order valence-electron chi connectivity index (χ4n) is 2.51. The van der Waals surface area contributed by atoms with Gasteiger partial charge in [-0.25, -0.2) is 4.79 Å². The number of nitrogens with zero attached hydrogens (tertiary/aromatic N) is 1. The molecule has 0 bridgehead atoms. The predicted molar refractivity (Wildman–Crippen MR) is 68.8 cm³/mol. The van der Waals surface area contributed by atoms with E-state index in [1.807, 2.05) is 25.1 Å². The second kappa shape index (κ2) is 5.21. The van der Waals surface area contributed by atoms with Crippen LogP contribution < -0.4 is 4.90 Å². The van der Waals surface area contributed by atoms with E-state index in [4.69, 9.17) is 0 Å². The third-order valence-corrected chi connectivity index (χ3v) is 3.41. The van der Waals surface area contributed by atoms with Gasteiger partial charge in [0.1, 0.15) is 0 Å². The van der Waals surface area contributed by atoms with Crippen LogP contribution in [0.15, 0.2) is 18.2 Å². The Kier molecular flexibility index (Phi) is 3.67. The van der Waals surface area contributed by atoms with E-state index in [0.29, 0.717) is 5.56 Å². The monoisotopic (exact) mass is 233 g/mol. The molecule has 1 heterocycles. The highest BCUT2D eigenvalue weighted by atomic mass is 16.4. The molecule has 0 unspecified atom stereocenters. The quantitative estimate of drug-likeness (QED) is 0.853. The Morgan fingerprint density at radius 1 is 1.18 bits per heavy atom. The molecule has 0 amide bonds. The van der Waals surface area contributed by atoms with Crippen molar-refractivity contribution in [1.82, 2.24) is 0 Å². The first-order valence-electron chi connectivity index (χ1n) is 6.28. The Hall–Kier alpha value is -1.51. The van der Waals surface area contributed by atoms with Gasteiger partial charge < -0.3 is 10.0 Å². The standard InChI is InChI=1S/C14H19NO2/c1-11-7-6-8-12(13(11)14(16)17)15-9-4-2-3-5-10-15/h6-8H,2-5,9-10H2,1H3,(H,16,17). The van der Waals surface area contributed by atoms with Gasteiger partial charge in [-0.1, -0.05) is 25.0 Å². The van der Waals surface area contributed by atoms with Crippen LogP contribution in [0.25, 0.3) is 0 Å². The minimum Gasteiger partial charge on any atom is -0.478 e. The molecule has 1 aromatic rings. The zero-order valence-electron chi connectivity index (χ0n) is 10.3. The van der Waals surface area contributed by atoms with E-state index < -0.39 is 5.97 Å². The zero-order chi connectivity index (χ0) is 12.3. The largest absolute Gasteiger partial charge is 0.478 e. The van der Waals surface area contributed by atoms with Gasteiger partial charge in [0.25, 0.3) is 0 Å². The van der Waals surface area contributed by atoms with E-state index in [1.54, 1.807) is 0 Å². The Labute approximate surface area is 102 Å². The van der Waals surface area contributed by atoms with Crippen LogP contribution in [0.3, 0.4) is 0 Å². The van der Waals surface area contributed by atoms with Crippen LogP contribution in [0, 0.1) is 6.92 Å². The van der Waals surface area contributed by atoms with Gasteiger partial charge in [0.15, 0.2) is 0 Å². The maximum Gasteiger partial charge on any atom is 0.338 e. The number of carboxylic acid groups (broad SMARTS) is 1. The number of benzene rings is 1. The molecule has 0 aromatic heterocycles. The van der Waals surface area contributed by atoms with E-state index >= 15 is 0 Å². The Morgan fingerprint density at radius 2 is 1.82 bits per heavy atom. The summed E-state index contributed by atoms with van der Waals surface area (Å²) < 4.78 is 0. The third-order valence-electron chi connectivity index (χ3n) is 3.41. The molecular weight excluding hydrogens is 214 g/mol. The molecule has 1 aliphatic heterocycles. The molecule has 3 heteroatoms. The number of carboxylic acids is 1. The molecule has 0 atom stereocenters. The summed E-state index contributed by atoms with van der Waals surface area (Å²) in [6, 6.07) is 5.74. The molecule has 92 valence electrons. The van der Waals surface area contributed by atoms with Crippen molar-refractivity contribution in [2.75, 3.05) is 18.0 Å². The number of aryl methyl sites for hydroxylation is 1. The van der Waals surface area contributed by atoms with Crippen molar-refractivity contribution in [3.63, 3.8) is 0 Å². The number of aromatic carboxylic acids is 1. The highest BCUT2D eigenvalue weighted by molar-refractivity contribution is 5.96. The molecule has 1 aliphatic rings. The van der Waals surface area contributed by atoms with E-state index in [2.05, 4.69) is 4.90 Å². The second-order valence-electron chi connectivity index (χ2n) is 4.68. The topological polar surface area (TPSA) is 40.5 Å². The van der Waals surface area contributed by atoms with Crippen molar-refractivity contribution >= 4 is 11.7 Å². The number of hydrogen-bond acceptors (Lipinski definition) is 2. The molecule has 0 aliphatic carbocycles. The van der Waals surface area contributed by atoms with Gasteiger partial charge in [-0.2, -0.15) is 0 Å². The Morgan fingerprint density at radius 3 is 2.41 bits per heavy atom. The van der Waals surface area contributed by atoms with Crippen LogP contribution in [-0.2, 0) is 0 Å². The van der Waals surface area contributed by atoms with Crippen molar-refractivity contribution in [2.45, 2.75) is 32.6 Å². The van der Waals surface area contributed by atoms with Crippen LogP contribution in [0.2, 0.25) is 0 Å². The number of hydrogen-bond donors (Lipinski definition) is 1. The highest BCUT2D eigenvalue weighted by Gasteiger charge is 2.18. The van der Waals surface area contributed by atoms with Crippen molar-refractivity contribution in [2.24, 2.45) is 0 Å². The van der Waals surface area contributed by atoms with Crippen molar-refractivity contribution < 1.29 is 9.90 Å². The smallest absolute Gasteiger partial charge is 0.338 e. The number of rotatable bonds is 2. The van der Waals surface area contributed by atoms with Crippen LogP contribution in [0.1, 0.15) is 41.6 Å². The van der Waals surface area contributed by atoms with E-state index in [9.17, 15) is 9.90 Å². The molecule has 17 heavy (non-hydrogen) atoms. The zero-order valence-corrected chi connectivity index (χ0v) is 10.3. The molecule has 0 saturated carbocycles. The Balaban J connectivity index is 2.36. The van der Waals surface area contributed by atoms with Crippen LogP contribution in [0.4, 0.5) is 5.69 Å². The van der Waals surface area contributed by atoms with Gasteiger partial charge in [0, 0.05) is 13.1 Å². The lowest BCUT2D eigenvalue weighted by Gasteiger charge is -2.25. The van der Waals surface area contributed by atoms with Gasteiger partial charge in [-0.15, -0.1) is 0 Å². The van der Waals surface area contributed by atoms with Gasteiger partial charge in [0.05, 0.1) is 11.3 Å². The van der Waals surface area contributed by atoms with Gasteiger partial charge in [-0.3, -0.25) is 0 Å². The van der Waals surface area contributed by atoms with Crippen LogP contribution in [0.5, 0.6) is 0 Å². The molecule has 2 rings (SSSR count). The fourth-order valence-corrected chi connectivity index (χ4v) is 2.51. The van der Waals surface area contributed by atoms with Crippen molar-refractivity contribution in [3.8, 4) is 0 Å². The summed E-state index contributed by atoms with van der Waals surface area (Å²) in [5.41, 5.74) is 2.20. The molecule has 1 N–H and O–H groups in total. The molecule has 0 spiro atoms. The molecule has 0 radical (unpaired) electrons. The van der Waals surface area contributed by atoms with E-state index in [0.717, 1.165) is 37.2 Å². The average Bonchev–Trinajstić information content (AvgIpc) is 2.56. The van der Waals surface area contributed by atoms with Gasteiger partial charge in [0.2, 0.25) is 0 Å². The summed E-state index contributed by atoms with van der Waals surface area (Å²) >= 11 is 0. The lowest BCUT2D eigenvalue weighted by atomic mass is 10.1. The SMILES string of the molecule is Cc1cccc(N2CCCCCC2)c1C(=O)O. The summed E-state index contributed by atoms with van der Waals surface area (Å²) in [6.45, 7) is 3.82. The third kappa shape index (κ3) is 2.60. The molecule has 1 saturated heterocycles. The van der Waals surface area contributed by atoms with Crippen molar-refractivity contribution in [3.05, 3.63) is 29.3 Å². The first kappa shape index (κ1) is 12.0. The van der Waals surface area contributed by atoms with Crippen molar-refractivity contribution in [1.29, 1.82) is 0 Å². The normalized spacial score (nSPS) is 16.6. The number of anilines is 1. The van der Waals surface area contributed by atoms with E-state index in [-0.39, 0.29) is 0 Å². The first-order valence-corrected chi connectivity index (χ1v) is 6.28. The summed E-state index contributed by atoms with van der Waals surface area (Å²) in [4.78, 5) is 13.6. The molecule has 3 nitrogen and oxygen atoms in total.